The highest BCUT2D eigenvalue weighted by Gasteiger charge is 2.19. The number of hydrogen-bond acceptors (Lipinski definition) is 4. The maximum atomic E-state index is 12.6. The third-order valence-electron chi connectivity index (χ3n) is 5.18. The predicted octanol–water partition coefficient (Wildman–Crippen LogP) is 4.59. The van der Waals surface area contributed by atoms with E-state index in [1.165, 1.54) is 24.1 Å². The Kier molecular flexibility index (Phi) is 6.32. The number of amides is 1. The van der Waals surface area contributed by atoms with Crippen LogP contribution in [0.2, 0.25) is 0 Å². The van der Waals surface area contributed by atoms with Crippen molar-refractivity contribution in [3.63, 3.8) is 0 Å². The van der Waals surface area contributed by atoms with Crippen LogP contribution in [-0.4, -0.2) is 36.7 Å². The summed E-state index contributed by atoms with van der Waals surface area (Å²) in [7, 11) is 1.83. The molecule has 4 nitrogen and oxygen atoms in total. The first-order chi connectivity index (χ1) is 13.0. The molecule has 1 amide bonds. The van der Waals surface area contributed by atoms with E-state index in [0.29, 0.717) is 6.54 Å². The summed E-state index contributed by atoms with van der Waals surface area (Å²) in [6.45, 7) is 6.72. The average molecular weight is 385 g/mol. The molecule has 0 aliphatic carbocycles. The Morgan fingerprint density at radius 1 is 1.11 bits per heavy atom. The van der Waals surface area contributed by atoms with Crippen molar-refractivity contribution in [2.75, 3.05) is 25.0 Å². The summed E-state index contributed by atoms with van der Waals surface area (Å²) in [5.74, 6) is 0.0836. The lowest BCUT2D eigenvalue weighted by Crippen LogP contribution is -2.28. The molecule has 144 valence electrons. The number of rotatable bonds is 7. The van der Waals surface area contributed by atoms with Crippen LogP contribution in [0.15, 0.2) is 30.3 Å². The van der Waals surface area contributed by atoms with Gasteiger partial charge in [0.15, 0.2) is 5.78 Å². The van der Waals surface area contributed by atoms with Gasteiger partial charge in [0, 0.05) is 60.5 Å². The van der Waals surface area contributed by atoms with Crippen molar-refractivity contribution in [3.05, 3.63) is 51.2 Å². The Labute approximate surface area is 165 Å². The number of thiophene rings is 1. The van der Waals surface area contributed by atoms with Gasteiger partial charge in [-0.3, -0.25) is 9.59 Å². The largest absolute Gasteiger partial charge is 0.371 e. The maximum absolute atomic E-state index is 12.6. The minimum absolute atomic E-state index is 0.0178. The molecule has 0 N–H and O–H groups in total. The van der Waals surface area contributed by atoms with E-state index in [1.807, 2.05) is 33.0 Å². The smallest absolute Gasteiger partial charge is 0.223 e. The van der Waals surface area contributed by atoms with Crippen molar-refractivity contribution in [2.24, 2.45) is 0 Å². The molecule has 3 rings (SSSR count). The van der Waals surface area contributed by atoms with E-state index in [1.54, 1.807) is 16.2 Å². The van der Waals surface area contributed by atoms with Crippen LogP contribution in [-0.2, 0) is 11.3 Å². The number of anilines is 1. The molecule has 0 unspecified atom stereocenters. The number of para-hydroxylation sites is 1. The standard InChI is InChI=1S/C22H28N2O2S/c1-16-14-19(17(2)27-16)21(25)10-11-22(26)23(3)15-18-8-4-5-9-20(18)24-12-6-7-13-24/h4-5,8-9,14H,6-7,10-13,15H2,1-3H3. The molecule has 0 radical (unpaired) electrons. The molecule has 0 atom stereocenters. The van der Waals surface area contributed by atoms with Crippen LogP contribution in [0.5, 0.6) is 0 Å². The highest BCUT2D eigenvalue weighted by molar-refractivity contribution is 7.12. The minimum atomic E-state index is 0.0178. The van der Waals surface area contributed by atoms with Gasteiger partial charge in [0.1, 0.15) is 0 Å². The third-order valence-corrected chi connectivity index (χ3v) is 6.14. The van der Waals surface area contributed by atoms with Crippen molar-refractivity contribution in [1.29, 1.82) is 0 Å². The van der Waals surface area contributed by atoms with E-state index in [4.69, 9.17) is 0 Å². The first-order valence-corrected chi connectivity index (χ1v) is 10.4. The van der Waals surface area contributed by atoms with Crippen LogP contribution in [0.3, 0.4) is 0 Å². The Morgan fingerprint density at radius 2 is 1.81 bits per heavy atom. The minimum Gasteiger partial charge on any atom is -0.371 e. The normalized spacial score (nSPS) is 13.8. The zero-order valence-electron chi connectivity index (χ0n) is 16.5. The first-order valence-electron chi connectivity index (χ1n) is 9.62. The zero-order chi connectivity index (χ0) is 19.4. The quantitative estimate of drug-likeness (QED) is 0.656. The Balaban J connectivity index is 1.58. The van der Waals surface area contributed by atoms with Crippen LogP contribution >= 0.6 is 11.3 Å². The molecule has 1 aliphatic heterocycles. The van der Waals surface area contributed by atoms with Crippen molar-refractivity contribution in [2.45, 2.75) is 46.1 Å². The highest BCUT2D eigenvalue weighted by Crippen LogP contribution is 2.26. The Morgan fingerprint density at radius 3 is 2.48 bits per heavy atom. The second kappa shape index (κ2) is 8.70. The summed E-state index contributed by atoms with van der Waals surface area (Å²) in [6, 6.07) is 10.3. The Hall–Kier alpha value is -2.14. The van der Waals surface area contributed by atoms with E-state index in [0.717, 1.165) is 28.4 Å². The predicted molar refractivity (Wildman–Crippen MR) is 112 cm³/mol. The second-order valence-electron chi connectivity index (χ2n) is 7.32. The summed E-state index contributed by atoms with van der Waals surface area (Å²) < 4.78 is 0. The lowest BCUT2D eigenvalue weighted by Gasteiger charge is -2.24. The number of Topliss-reactive ketones (excluding diaryl/α,β-unsaturated/α-hetero) is 1. The summed E-state index contributed by atoms with van der Waals surface area (Å²) in [5.41, 5.74) is 3.17. The molecule has 1 aromatic heterocycles. The van der Waals surface area contributed by atoms with E-state index in [9.17, 15) is 9.59 Å². The van der Waals surface area contributed by atoms with Gasteiger partial charge >= 0.3 is 0 Å². The number of ketones is 1. The summed E-state index contributed by atoms with van der Waals surface area (Å²) in [5, 5.41) is 0. The van der Waals surface area contributed by atoms with E-state index in [2.05, 4.69) is 23.1 Å². The van der Waals surface area contributed by atoms with Gasteiger partial charge in [-0.15, -0.1) is 11.3 Å². The summed E-state index contributed by atoms with van der Waals surface area (Å²) in [4.78, 5) is 31.3. The first kappa shape index (κ1) is 19.6. The fourth-order valence-electron chi connectivity index (χ4n) is 3.71. The number of aryl methyl sites for hydroxylation is 2. The SMILES string of the molecule is Cc1cc(C(=O)CCC(=O)N(C)Cc2ccccc2N2CCCC2)c(C)s1. The van der Waals surface area contributed by atoms with Crippen LogP contribution in [0.25, 0.3) is 0 Å². The molecular weight excluding hydrogens is 356 g/mol. The van der Waals surface area contributed by atoms with Crippen molar-refractivity contribution in [3.8, 4) is 0 Å². The molecule has 1 saturated heterocycles. The van der Waals surface area contributed by atoms with Crippen molar-refractivity contribution >= 4 is 28.7 Å². The van der Waals surface area contributed by atoms with E-state index in [-0.39, 0.29) is 24.5 Å². The highest BCUT2D eigenvalue weighted by atomic mass is 32.1. The summed E-state index contributed by atoms with van der Waals surface area (Å²) in [6.07, 6.45) is 2.99. The number of hydrogen-bond donors (Lipinski definition) is 0. The molecular formula is C22H28N2O2S. The fourth-order valence-corrected chi connectivity index (χ4v) is 4.65. The van der Waals surface area contributed by atoms with Crippen LogP contribution in [0.1, 0.15) is 51.4 Å². The fraction of sp³-hybridized carbons (Fsp3) is 0.455. The van der Waals surface area contributed by atoms with E-state index < -0.39 is 0 Å². The number of nitrogens with zero attached hydrogens (tertiary/aromatic N) is 2. The van der Waals surface area contributed by atoms with Crippen LogP contribution in [0.4, 0.5) is 5.69 Å². The molecule has 2 heterocycles. The van der Waals surface area contributed by atoms with Gasteiger partial charge < -0.3 is 9.80 Å². The molecule has 5 heteroatoms. The van der Waals surface area contributed by atoms with Gasteiger partial charge in [-0.05, 0) is 44.4 Å². The number of carbonyl (C=O) groups excluding carboxylic acids is 2. The molecule has 0 bridgehead atoms. The van der Waals surface area contributed by atoms with Crippen LogP contribution < -0.4 is 4.90 Å². The molecule has 27 heavy (non-hydrogen) atoms. The molecule has 1 aromatic carbocycles. The molecule has 1 fully saturated rings. The molecule has 2 aromatic rings. The summed E-state index contributed by atoms with van der Waals surface area (Å²) >= 11 is 1.63. The number of benzene rings is 1. The lowest BCUT2D eigenvalue weighted by atomic mass is 10.1. The Bertz CT molecular complexity index is 821. The third kappa shape index (κ3) is 4.78. The lowest BCUT2D eigenvalue weighted by molar-refractivity contribution is -0.130. The number of carbonyl (C=O) groups is 2. The maximum Gasteiger partial charge on any atom is 0.223 e. The van der Waals surface area contributed by atoms with Gasteiger partial charge in [0.25, 0.3) is 0 Å². The van der Waals surface area contributed by atoms with Gasteiger partial charge in [-0.25, -0.2) is 0 Å². The van der Waals surface area contributed by atoms with Gasteiger partial charge in [-0.2, -0.15) is 0 Å². The monoisotopic (exact) mass is 384 g/mol. The van der Waals surface area contributed by atoms with Crippen LogP contribution in [0, 0.1) is 13.8 Å². The topological polar surface area (TPSA) is 40.6 Å². The van der Waals surface area contributed by atoms with Gasteiger partial charge in [0.2, 0.25) is 5.91 Å². The second-order valence-corrected chi connectivity index (χ2v) is 8.78. The van der Waals surface area contributed by atoms with Crippen molar-refractivity contribution in [1.82, 2.24) is 4.90 Å². The van der Waals surface area contributed by atoms with Gasteiger partial charge in [0.05, 0.1) is 0 Å². The van der Waals surface area contributed by atoms with Gasteiger partial charge in [-0.1, -0.05) is 18.2 Å². The zero-order valence-corrected chi connectivity index (χ0v) is 17.3. The molecule has 0 spiro atoms. The van der Waals surface area contributed by atoms with E-state index >= 15 is 0 Å². The molecule has 1 aliphatic rings. The molecule has 0 saturated carbocycles. The van der Waals surface area contributed by atoms with Crippen molar-refractivity contribution < 1.29 is 9.59 Å². The average Bonchev–Trinajstić information content (AvgIpc) is 3.29.